The van der Waals surface area contributed by atoms with Crippen LogP contribution in [-0.2, 0) is 0 Å². The molecule has 1 aromatic heterocycles. The van der Waals surface area contributed by atoms with E-state index >= 15 is 0 Å². The molecule has 5 nitrogen and oxygen atoms in total. The number of H-pyrrole nitrogens is 1. The summed E-state index contributed by atoms with van der Waals surface area (Å²) in [6.07, 6.45) is 3.60. The Bertz CT molecular complexity index is 428. The quantitative estimate of drug-likeness (QED) is 0.777. The summed E-state index contributed by atoms with van der Waals surface area (Å²) in [5, 5.41) is 19.4. The Kier molecular flexibility index (Phi) is 4.58. The van der Waals surface area contributed by atoms with Gasteiger partial charge in [-0.2, -0.15) is 5.10 Å². The molecule has 0 spiro atoms. The summed E-state index contributed by atoms with van der Waals surface area (Å²) in [6, 6.07) is 1.80. The van der Waals surface area contributed by atoms with E-state index in [1.807, 2.05) is 0 Å². The fourth-order valence-electron chi connectivity index (χ4n) is 2.52. The first-order valence-electron chi connectivity index (χ1n) is 7.08. The van der Waals surface area contributed by atoms with E-state index in [0.29, 0.717) is 24.1 Å². The lowest BCUT2D eigenvalue weighted by Crippen LogP contribution is -2.33. The van der Waals surface area contributed by atoms with Crippen LogP contribution in [0.25, 0.3) is 0 Å². The van der Waals surface area contributed by atoms with Crippen molar-refractivity contribution in [3.05, 3.63) is 17.5 Å². The zero-order valence-corrected chi connectivity index (χ0v) is 11.6. The highest BCUT2D eigenvalue weighted by Crippen LogP contribution is 2.23. The van der Waals surface area contributed by atoms with E-state index in [1.165, 1.54) is 0 Å². The van der Waals surface area contributed by atoms with E-state index in [2.05, 4.69) is 29.4 Å². The molecule has 1 aliphatic carbocycles. The Hall–Kier alpha value is -1.36. The number of aliphatic hydroxyl groups is 1. The first kappa shape index (κ1) is 14.1. The summed E-state index contributed by atoms with van der Waals surface area (Å²) >= 11 is 0. The maximum atomic E-state index is 11.9. The molecule has 0 aliphatic heterocycles. The highest BCUT2D eigenvalue weighted by Gasteiger charge is 2.21. The molecule has 0 saturated heterocycles. The summed E-state index contributed by atoms with van der Waals surface area (Å²) in [4.78, 5) is 11.9. The first-order chi connectivity index (χ1) is 9.06. The van der Waals surface area contributed by atoms with Gasteiger partial charge in [-0.15, -0.1) is 0 Å². The minimum Gasteiger partial charge on any atom is -0.393 e. The van der Waals surface area contributed by atoms with Crippen molar-refractivity contribution in [2.75, 3.05) is 6.54 Å². The monoisotopic (exact) mass is 265 g/mol. The van der Waals surface area contributed by atoms with Crippen LogP contribution in [0.4, 0.5) is 0 Å². The van der Waals surface area contributed by atoms with Gasteiger partial charge in [0.2, 0.25) is 0 Å². The maximum absolute atomic E-state index is 11.9. The Balaban J connectivity index is 1.83. The molecule has 1 amide bonds. The van der Waals surface area contributed by atoms with Gasteiger partial charge in [0.1, 0.15) is 5.69 Å². The van der Waals surface area contributed by atoms with Crippen LogP contribution >= 0.6 is 0 Å². The number of nitrogens with zero attached hydrogens (tertiary/aromatic N) is 1. The number of aliphatic hydroxyl groups excluding tert-OH is 1. The van der Waals surface area contributed by atoms with Gasteiger partial charge in [-0.1, -0.05) is 20.3 Å². The van der Waals surface area contributed by atoms with Crippen LogP contribution in [0.1, 0.15) is 61.6 Å². The largest absolute Gasteiger partial charge is 0.393 e. The summed E-state index contributed by atoms with van der Waals surface area (Å²) in [5.74, 6) is 0.585. The van der Waals surface area contributed by atoms with Crippen molar-refractivity contribution < 1.29 is 9.90 Å². The predicted molar refractivity (Wildman–Crippen MR) is 73.0 cm³/mol. The van der Waals surface area contributed by atoms with E-state index in [0.717, 1.165) is 31.4 Å². The van der Waals surface area contributed by atoms with E-state index in [4.69, 9.17) is 0 Å². The van der Waals surface area contributed by atoms with Gasteiger partial charge in [0.15, 0.2) is 0 Å². The van der Waals surface area contributed by atoms with Crippen molar-refractivity contribution >= 4 is 5.91 Å². The number of aromatic amines is 1. The molecule has 1 heterocycles. The number of nitrogens with one attached hydrogen (secondary N) is 2. The van der Waals surface area contributed by atoms with Crippen LogP contribution in [0, 0.1) is 5.92 Å². The number of carbonyl (C=O) groups is 1. The molecule has 1 aliphatic rings. The number of hydrogen-bond donors (Lipinski definition) is 3. The van der Waals surface area contributed by atoms with Crippen LogP contribution < -0.4 is 5.32 Å². The standard InChI is InChI=1S/C14H23N3O2/c1-9(2)12-7-13(17-16-12)14(19)15-8-10-4-3-5-11(18)6-10/h7,9-11,18H,3-6,8H2,1-2H3,(H,15,19)(H,16,17). The number of amides is 1. The second kappa shape index (κ2) is 6.19. The van der Waals surface area contributed by atoms with Gasteiger partial charge in [-0.05, 0) is 37.2 Å². The molecule has 1 aromatic rings. The minimum absolute atomic E-state index is 0.136. The van der Waals surface area contributed by atoms with Gasteiger partial charge in [0.25, 0.3) is 5.91 Å². The third-order valence-corrected chi connectivity index (χ3v) is 3.76. The molecule has 0 bridgehead atoms. The van der Waals surface area contributed by atoms with Crippen molar-refractivity contribution in [2.45, 2.75) is 51.6 Å². The molecule has 2 atom stereocenters. The van der Waals surface area contributed by atoms with Gasteiger partial charge in [0, 0.05) is 12.2 Å². The number of rotatable bonds is 4. The maximum Gasteiger partial charge on any atom is 0.271 e. The van der Waals surface area contributed by atoms with E-state index in [-0.39, 0.29) is 12.0 Å². The SMILES string of the molecule is CC(C)c1cc(C(=O)NCC2CCCC(O)C2)n[nH]1. The molecule has 2 unspecified atom stereocenters. The summed E-state index contributed by atoms with van der Waals surface area (Å²) in [7, 11) is 0. The minimum atomic E-state index is -0.200. The van der Waals surface area contributed by atoms with Gasteiger partial charge < -0.3 is 10.4 Å². The highest BCUT2D eigenvalue weighted by molar-refractivity contribution is 5.92. The molecule has 3 N–H and O–H groups in total. The Morgan fingerprint density at radius 2 is 2.37 bits per heavy atom. The second-order valence-electron chi connectivity index (χ2n) is 5.76. The molecule has 106 valence electrons. The molecule has 19 heavy (non-hydrogen) atoms. The fraction of sp³-hybridized carbons (Fsp3) is 0.714. The predicted octanol–water partition coefficient (Wildman–Crippen LogP) is 1.81. The Labute approximate surface area is 113 Å². The lowest BCUT2D eigenvalue weighted by molar-refractivity contribution is 0.0870. The van der Waals surface area contributed by atoms with Crippen LogP contribution in [-0.4, -0.2) is 33.9 Å². The van der Waals surface area contributed by atoms with Gasteiger partial charge in [-0.25, -0.2) is 0 Å². The van der Waals surface area contributed by atoms with Crippen molar-refractivity contribution in [1.82, 2.24) is 15.5 Å². The molecule has 5 heteroatoms. The number of aromatic nitrogens is 2. The normalized spacial score (nSPS) is 23.6. The lowest BCUT2D eigenvalue weighted by atomic mass is 9.87. The Morgan fingerprint density at radius 3 is 3.00 bits per heavy atom. The van der Waals surface area contributed by atoms with Gasteiger partial charge in [-0.3, -0.25) is 9.89 Å². The first-order valence-corrected chi connectivity index (χ1v) is 7.08. The smallest absolute Gasteiger partial charge is 0.271 e. The van der Waals surface area contributed by atoms with Crippen LogP contribution in [0.2, 0.25) is 0 Å². The molecular formula is C14H23N3O2. The molecule has 2 rings (SSSR count). The molecule has 1 saturated carbocycles. The third kappa shape index (κ3) is 3.80. The van der Waals surface area contributed by atoms with Crippen LogP contribution in [0.5, 0.6) is 0 Å². The van der Waals surface area contributed by atoms with Crippen molar-refractivity contribution in [3.63, 3.8) is 0 Å². The summed E-state index contributed by atoms with van der Waals surface area (Å²) < 4.78 is 0. The van der Waals surface area contributed by atoms with E-state index in [1.54, 1.807) is 6.07 Å². The molecule has 0 radical (unpaired) electrons. The average molecular weight is 265 g/mol. The zero-order valence-electron chi connectivity index (χ0n) is 11.6. The average Bonchev–Trinajstić information content (AvgIpc) is 2.86. The third-order valence-electron chi connectivity index (χ3n) is 3.76. The Morgan fingerprint density at radius 1 is 1.58 bits per heavy atom. The fourth-order valence-corrected chi connectivity index (χ4v) is 2.52. The second-order valence-corrected chi connectivity index (χ2v) is 5.76. The molecule has 1 fully saturated rings. The number of hydrogen-bond acceptors (Lipinski definition) is 3. The van der Waals surface area contributed by atoms with Crippen molar-refractivity contribution in [2.24, 2.45) is 5.92 Å². The van der Waals surface area contributed by atoms with Gasteiger partial charge >= 0.3 is 0 Å². The van der Waals surface area contributed by atoms with Crippen LogP contribution in [0.3, 0.4) is 0 Å². The summed E-state index contributed by atoms with van der Waals surface area (Å²) in [5.41, 5.74) is 1.42. The zero-order chi connectivity index (χ0) is 13.8. The van der Waals surface area contributed by atoms with E-state index < -0.39 is 0 Å². The molecular weight excluding hydrogens is 242 g/mol. The van der Waals surface area contributed by atoms with Crippen molar-refractivity contribution in [1.29, 1.82) is 0 Å². The van der Waals surface area contributed by atoms with Crippen molar-refractivity contribution in [3.8, 4) is 0 Å². The van der Waals surface area contributed by atoms with Gasteiger partial charge in [0.05, 0.1) is 6.10 Å². The van der Waals surface area contributed by atoms with E-state index in [9.17, 15) is 9.90 Å². The van der Waals surface area contributed by atoms with Crippen LogP contribution in [0.15, 0.2) is 6.07 Å². The number of carbonyl (C=O) groups excluding carboxylic acids is 1. The lowest BCUT2D eigenvalue weighted by Gasteiger charge is -2.25. The molecule has 0 aromatic carbocycles. The topological polar surface area (TPSA) is 78.0 Å². The highest BCUT2D eigenvalue weighted by atomic mass is 16.3. The summed E-state index contributed by atoms with van der Waals surface area (Å²) in [6.45, 7) is 4.73.